The van der Waals surface area contributed by atoms with Crippen molar-refractivity contribution in [2.45, 2.75) is 45.1 Å². The predicted molar refractivity (Wildman–Crippen MR) is 96.8 cm³/mol. The van der Waals surface area contributed by atoms with Crippen LogP contribution >= 0.6 is 0 Å². The highest BCUT2D eigenvalue weighted by Gasteiger charge is 2.25. The van der Waals surface area contributed by atoms with Gasteiger partial charge in [0, 0.05) is 24.2 Å². The molecule has 24 heavy (non-hydrogen) atoms. The highest BCUT2D eigenvalue weighted by Crippen LogP contribution is 2.29. The second-order valence-corrected chi connectivity index (χ2v) is 8.44. The summed E-state index contributed by atoms with van der Waals surface area (Å²) in [6.45, 7) is 4.92. The van der Waals surface area contributed by atoms with E-state index in [1.807, 2.05) is 13.8 Å². The molecular formula is C17H27N3O3S. The average Bonchev–Trinajstić information content (AvgIpc) is 2.57. The third-order valence-electron chi connectivity index (χ3n) is 4.83. The number of anilines is 1. The van der Waals surface area contributed by atoms with Gasteiger partial charge in [-0.3, -0.25) is 9.10 Å². The number of amides is 1. The summed E-state index contributed by atoms with van der Waals surface area (Å²) in [5.41, 5.74) is 7.93. The SMILES string of the molecule is CCC(N)(CC)CNC(=O)c1ccc2c(c1)CCCN2S(C)(=O)=O. The summed E-state index contributed by atoms with van der Waals surface area (Å²) in [6, 6.07) is 5.19. The van der Waals surface area contributed by atoms with E-state index in [9.17, 15) is 13.2 Å². The van der Waals surface area contributed by atoms with Crippen LogP contribution in [0.3, 0.4) is 0 Å². The number of carbonyl (C=O) groups excluding carboxylic acids is 1. The number of hydrogen-bond acceptors (Lipinski definition) is 4. The first kappa shape index (κ1) is 18.7. The number of benzene rings is 1. The second kappa shape index (κ2) is 7.11. The van der Waals surface area contributed by atoms with Crippen LogP contribution in [0.25, 0.3) is 0 Å². The van der Waals surface area contributed by atoms with E-state index in [0.717, 1.165) is 31.2 Å². The van der Waals surface area contributed by atoms with Gasteiger partial charge in [0.2, 0.25) is 10.0 Å². The van der Waals surface area contributed by atoms with Crippen molar-refractivity contribution in [3.8, 4) is 0 Å². The van der Waals surface area contributed by atoms with Gasteiger partial charge in [0.15, 0.2) is 0 Å². The zero-order chi connectivity index (χ0) is 18.0. The van der Waals surface area contributed by atoms with Crippen LogP contribution < -0.4 is 15.4 Å². The number of nitrogens with two attached hydrogens (primary N) is 1. The standard InChI is InChI=1S/C17H27N3O3S/c1-4-17(18,5-2)12-19-16(21)14-8-9-15-13(11-14)7-6-10-20(15)24(3,22)23/h8-9,11H,4-7,10,12,18H2,1-3H3,(H,19,21). The number of hydrogen-bond donors (Lipinski definition) is 2. The van der Waals surface area contributed by atoms with Gasteiger partial charge in [-0.05, 0) is 49.4 Å². The first-order chi connectivity index (χ1) is 11.2. The van der Waals surface area contributed by atoms with Gasteiger partial charge in [-0.1, -0.05) is 13.8 Å². The van der Waals surface area contributed by atoms with E-state index in [1.54, 1.807) is 18.2 Å². The first-order valence-electron chi connectivity index (χ1n) is 8.38. The molecule has 1 aliphatic heterocycles. The number of rotatable bonds is 6. The minimum atomic E-state index is -3.29. The van der Waals surface area contributed by atoms with Crippen LogP contribution in [0, 0.1) is 0 Å². The minimum absolute atomic E-state index is 0.175. The maximum atomic E-state index is 12.4. The van der Waals surface area contributed by atoms with Crippen molar-refractivity contribution in [3.63, 3.8) is 0 Å². The van der Waals surface area contributed by atoms with E-state index in [0.29, 0.717) is 24.3 Å². The number of carbonyl (C=O) groups is 1. The van der Waals surface area contributed by atoms with Gasteiger partial charge in [-0.15, -0.1) is 0 Å². The maximum absolute atomic E-state index is 12.4. The van der Waals surface area contributed by atoms with Gasteiger partial charge in [0.25, 0.3) is 5.91 Å². The molecule has 0 aliphatic carbocycles. The number of fused-ring (bicyclic) bond motifs is 1. The maximum Gasteiger partial charge on any atom is 0.251 e. The Morgan fingerprint density at radius 3 is 2.58 bits per heavy atom. The third-order valence-corrected chi connectivity index (χ3v) is 6.01. The molecule has 1 aromatic carbocycles. The zero-order valence-electron chi connectivity index (χ0n) is 14.6. The summed E-state index contributed by atoms with van der Waals surface area (Å²) in [7, 11) is -3.29. The lowest BCUT2D eigenvalue weighted by molar-refractivity contribution is 0.0942. The molecule has 1 heterocycles. The van der Waals surface area contributed by atoms with Gasteiger partial charge in [-0.2, -0.15) is 0 Å². The summed E-state index contributed by atoms with van der Waals surface area (Å²) >= 11 is 0. The monoisotopic (exact) mass is 353 g/mol. The molecule has 134 valence electrons. The summed E-state index contributed by atoms with van der Waals surface area (Å²) in [6.07, 6.45) is 4.31. The molecular weight excluding hydrogens is 326 g/mol. The Morgan fingerprint density at radius 2 is 2.00 bits per heavy atom. The van der Waals surface area contributed by atoms with Gasteiger partial charge in [0.05, 0.1) is 11.9 Å². The minimum Gasteiger partial charge on any atom is -0.350 e. The third kappa shape index (κ3) is 4.08. The Kier molecular flexibility index (Phi) is 5.55. The topological polar surface area (TPSA) is 92.5 Å². The Balaban J connectivity index is 2.18. The van der Waals surface area contributed by atoms with Gasteiger partial charge < -0.3 is 11.1 Å². The summed E-state index contributed by atoms with van der Waals surface area (Å²) in [5.74, 6) is -0.175. The number of aryl methyl sites for hydroxylation is 1. The fourth-order valence-electron chi connectivity index (χ4n) is 2.91. The van der Waals surface area contributed by atoms with Gasteiger partial charge >= 0.3 is 0 Å². The van der Waals surface area contributed by atoms with E-state index in [4.69, 9.17) is 5.73 Å². The molecule has 0 radical (unpaired) electrons. The van der Waals surface area contributed by atoms with Crippen LogP contribution in [0.15, 0.2) is 18.2 Å². The van der Waals surface area contributed by atoms with Crippen molar-refractivity contribution in [3.05, 3.63) is 29.3 Å². The van der Waals surface area contributed by atoms with Gasteiger partial charge in [-0.25, -0.2) is 8.42 Å². The lowest BCUT2D eigenvalue weighted by atomic mass is 9.94. The van der Waals surface area contributed by atoms with Crippen molar-refractivity contribution >= 4 is 21.6 Å². The molecule has 3 N–H and O–H groups in total. The average molecular weight is 353 g/mol. The summed E-state index contributed by atoms with van der Waals surface area (Å²) in [4.78, 5) is 12.4. The normalized spacial score (nSPS) is 15.1. The van der Waals surface area contributed by atoms with Crippen LogP contribution in [-0.4, -0.2) is 39.2 Å². The summed E-state index contributed by atoms with van der Waals surface area (Å²) in [5, 5.41) is 2.89. The molecule has 0 saturated heterocycles. The molecule has 0 spiro atoms. The van der Waals surface area contributed by atoms with Crippen LogP contribution in [0.5, 0.6) is 0 Å². The highest BCUT2D eigenvalue weighted by molar-refractivity contribution is 7.92. The van der Waals surface area contributed by atoms with Crippen molar-refractivity contribution in [1.29, 1.82) is 0 Å². The molecule has 0 aromatic heterocycles. The molecule has 0 fully saturated rings. The quantitative estimate of drug-likeness (QED) is 0.813. The van der Waals surface area contributed by atoms with E-state index in [-0.39, 0.29) is 5.91 Å². The molecule has 0 atom stereocenters. The van der Waals surface area contributed by atoms with Crippen LogP contribution in [0.4, 0.5) is 5.69 Å². The fraction of sp³-hybridized carbons (Fsp3) is 0.588. The number of nitrogens with zero attached hydrogens (tertiary/aromatic N) is 1. The second-order valence-electron chi connectivity index (χ2n) is 6.53. The van der Waals surface area contributed by atoms with Crippen LogP contribution in [0.1, 0.15) is 49.0 Å². The molecule has 0 bridgehead atoms. The van der Waals surface area contributed by atoms with E-state index >= 15 is 0 Å². The molecule has 0 unspecified atom stereocenters. The van der Waals surface area contributed by atoms with Crippen molar-refractivity contribution in [1.82, 2.24) is 5.32 Å². The lowest BCUT2D eigenvalue weighted by Gasteiger charge is -2.29. The van der Waals surface area contributed by atoms with E-state index in [2.05, 4.69) is 5.32 Å². The summed E-state index contributed by atoms with van der Waals surface area (Å²) < 4.78 is 25.2. The smallest absolute Gasteiger partial charge is 0.251 e. The molecule has 1 amide bonds. The largest absolute Gasteiger partial charge is 0.350 e. The lowest BCUT2D eigenvalue weighted by Crippen LogP contribution is -2.49. The van der Waals surface area contributed by atoms with Crippen LogP contribution in [-0.2, 0) is 16.4 Å². The molecule has 7 heteroatoms. The highest BCUT2D eigenvalue weighted by atomic mass is 32.2. The predicted octanol–water partition coefficient (Wildman–Crippen LogP) is 1.65. The van der Waals surface area contributed by atoms with E-state index < -0.39 is 15.6 Å². The fourth-order valence-corrected chi connectivity index (χ4v) is 3.90. The molecule has 1 aliphatic rings. The van der Waals surface area contributed by atoms with Crippen molar-refractivity contribution < 1.29 is 13.2 Å². The Bertz CT molecular complexity index is 712. The number of nitrogens with one attached hydrogen (secondary N) is 1. The zero-order valence-corrected chi connectivity index (χ0v) is 15.4. The molecule has 1 aromatic rings. The van der Waals surface area contributed by atoms with Gasteiger partial charge in [0.1, 0.15) is 0 Å². The van der Waals surface area contributed by atoms with Crippen molar-refractivity contribution in [2.75, 3.05) is 23.7 Å². The van der Waals surface area contributed by atoms with Crippen LogP contribution in [0.2, 0.25) is 0 Å². The number of sulfonamides is 1. The molecule has 6 nitrogen and oxygen atoms in total. The Morgan fingerprint density at radius 1 is 1.33 bits per heavy atom. The van der Waals surface area contributed by atoms with Crippen molar-refractivity contribution in [2.24, 2.45) is 5.73 Å². The molecule has 2 rings (SSSR count). The molecule has 0 saturated carbocycles. The first-order valence-corrected chi connectivity index (χ1v) is 10.2. The van der Waals surface area contributed by atoms with E-state index in [1.165, 1.54) is 10.6 Å². The Hall–Kier alpha value is -1.60. The Labute approximate surface area is 144 Å².